The second kappa shape index (κ2) is 6.27. The first kappa shape index (κ1) is 16.2. The van der Waals surface area contributed by atoms with Crippen LogP contribution in [0.25, 0.3) is 0 Å². The van der Waals surface area contributed by atoms with Crippen LogP contribution >= 0.6 is 27.3 Å². The molecule has 2 N–H and O–H groups in total. The first-order valence-corrected chi connectivity index (χ1v) is 9.04. The van der Waals surface area contributed by atoms with Gasteiger partial charge >= 0.3 is 0 Å². The number of carbonyl (C=O) groups is 1. The maximum absolute atomic E-state index is 12.2. The summed E-state index contributed by atoms with van der Waals surface area (Å²) < 4.78 is 27.0. The third-order valence-corrected chi connectivity index (χ3v) is 6.38. The van der Waals surface area contributed by atoms with Crippen molar-refractivity contribution in [3.8, 4) is 0 Å². The van der Waals surface area contributed by atoms with Crippen molar-refractivity contribution in [1.82, 2.24) is 4.72 Å². The average Bonchev–Trinajstić information content (AvgIpc) is 2.79. The van der Waals surface area contributed by atoms with E-state index in [2.05, 4.69) is 26.0 Å². The molecule has 0 saturated heterocycles. The first-order valence-electron chi connectivity index (χ1n) is 5.95. The molecule has 0 aliphatic rings. The van der Waals surface area contributed by atoms with Gasteiger partial charge in [-0.05, 0) is 53.7 Å². The van der Waals surface area contributed by atoms with Gasteiger partial charge in [0.1, 0.15) is 4.90 Å². The number of benzene rings is 1. The first-order chi connectivity index (χ1) is 9.85. The van der Waals surface area contributed by atoms with Gasteiger partial charge in [0.2, 0.25) is 10.0 Å². The number of aryl methyl sites for hydroxylation is 1. The van der Waals surface area contributed by atoms with Crippen molar-refractivity contribution >= 4 is 48.9 Å². The maximum atomic E-state index is 12.2. The third-order valence-electron chi connectivity index (χ3n) is 2.77. The Bertz CT molecular complexity index is 765. The quantitative estimate of drug-likeness (QED) is 0.844. The van der Waals surface area contributed by atoms with Crippen LogP contribution in [0.15, 0.2) is 39.0 Å². The number of para-hydroxylation sites is 1. The topological polar surface area (TPSA) is 75.3 Å². The summed E-state index contributed by atoms with van der Waals surface area (Å²) in [7, 11) is -2.30. The number of thiophene rings is 1. The van der Waals surface area contributed by atoms with E-state index in [0.717, 1.165) is 9.35 Å². The smallest absolute Gasteiger partial charge is 0.265 e. The van der Waals surface area contributed by atoms with E-state index in [-0.39, 0.29) is 16.5 Å². The standard InChI is InChI=1S/C13H13BrN2O3S2/c1-8-7-10(20-12(8)14)13(17)16-9-5-3-4-6-11(9)21(18,19)15-2/h3-7,15H,1-2H3,(H,16,17). The zero-order valence-corrected chi connectivity index (χ0v) is 14.5. The predicted molar refractivity (Wildman–Crippen MR) is 87.4 cm³/mol. The molecule has 2 aromatic rings. The van der Waals surface area contributed by atoms with Gasteiger partial charge in [-0.15, -0.1) is 11.3 Å². The highest BCUT2D eigenvalue weighted by Gasteiger charge is 2.19. The largest absolute Gasteiger partial charge is 0.320 e. The van der Waals surface area contributed by atoms with Crippen LogP contribution in [0.5, 0.6) is 0 Å². The molecule has 0 aliphatic heterocycles. The lowest BCUT2D eigenvalue weighted by Crippen LogP contribution is -2.21. The number of rotatable bonds is 4. The van der Waals surface area contributed by atoms with Crippen LogP contribution in [0.3, 0.4) is 0 Å². The Kier molecular flexibility index (Phi) is 4.82. The zero-order chi connectivity index (χ0) is 15.6. The fraction of sp³-hybridized carbons (Fsp3) is 0.154. The number of sulfonamides is 1. The Morgan fingerprint density at radius 2 is 1.95 bits per heavy atom. The fourth-order valence-electron chi connectivity index (χ4n) is 1.67. The summed E-state index contributed by atoms with van der Waals surface area (Å²) in [5.74, 6) is -0.340. The van der Waals surface area contributed by atoms with Crippen molar-refractivity contribution in [2.24, 2.45) is 0 Å². The highest BCUT2D eigenvalue weighted by molar-refractivity contribution is 9.11. The predicted octanol–water partition coefficient (Wildman–Crippen LogP) is 2.98. The summed E-state index contributed by atoms with van der Waals surface area (Å²) in [6, 6.07) is 8.01. The molecule has 2 rings (SSSR count). The van der Waals surface area contributed by atoms with E-state index in [4.69, 9.17) is 0 Å². The summed E-state index contributed by atoms with van der Waals surface area (Å²) in [6.07, 6.45) is 0. The summed E-state index contributed by atoms with van der Waals surface area (Å²) >= 11 is 4.66. The molecule has 0 saturated carbocycles. The van der Waals surface area contributed by atoms with Crippen LogP contribution in [0, 0.1) is 6.92 Å². The Balaban J connectivity index is 2.34. The minimum absolute atomic E-state index is 0.0354. The number of halogens is 1. The number of hydrogen-bond acceptors (Lipinski definition) is 4. The van der Waals surface area contributed by atoms with Gasteiger partial charge < -0.3 is 5.32 Å². The molecule has 0 aliphatic carbocycles. The minimum Gasteiger partial charge on any atom is -0.320 e. The van der Waals surface area contributed by atoms with E-state index in [1.807, 2.05) is 6.92 Å². The Morgan fingerprint density at radius 1 is 1.29 bits per heavy atom. The number of carbonyl (C=O) groups excluding carboxylic acids is 1. The van der Waals surface area contributed by atoms with Crippen LogP contribution in [0.2, 0.25) is 0 Å². The van der Waals surface area contributed by atoms with Gasteiger partial charge in [-0.2, -0.15) is 0 Å². The molecule has 0 fully saturated rings. The molecule has 1 heterocycles. The van der Waals surface area contributed by atoms with Crippen LogP contribution in [0.4, 0.5) is 5.69 Å². The van der Waals surface area contributed by atoms with E-state index in [9.17, 15) is 13.2 Å². The normalized spacial score (nSPS) is 11.4. The monoisotopic (exact) mass is 388 g/mol. The van der Waals surface area contributed by atoms with E-state index < -0.39 is 10.0 Å². The number of anilines is 1. The van der Waals surface area contributed by atoms with Crippen LogP contribution < -0.4 is 10.0 Å². The summed E-state index contributed by atoms with van der Waals surface area (Å²) in [6.45, 7) is 1.89. The van der Waals surface area contributed by atoms with Crippen molar-refractivity contribution in [1.29, 1.82) is 0 Å². The Hall–Kier alpha value is -1.22. The van der Waals surface area contributed by atoms with Gasteiger partial charge in [0.15, 0.2) is 0 Å². The minimum atomic E-state index is -3.63. The van der Waals surface area contributed by atoms with Gasteiger partial charge in [-0.1, -0.05) is 12.1 Å². The zero-order valence-electron chi connectivity index (χ0n) is 11.3. The molecule has 21 heavy (non-hydrogen) atoms. The molecule has 0 bridgehead atoms. The lowest BCUT2D eigenvalue weighted by molar-refractivity contribution is 0.103. The molecule has 0 unspecified atom stereocenters. The molecule has 0 radical (unpaired) electrons. The highest BCUT2D eigenvalue weighted by atomic mass is 79.9. The number of hydrogen-bond donors (Lipinski definition) is 2. The molecule has 1 amide bonds. The molecule has 0 spiro atoms. The molecule has 8 heteroatoms. The van der Waals surface area contributed by atoms with Gasteiger partial charge in [0.05, 0.1) is 14.4 Å². The van der Waals surface area contributed by atoms with E-state index >= 15 is 0 Å². The van der Waals surface area contributed by atoms with E-state index in [0.29, 0.717) is 4.88 Å². The van der Waals surface area contributed by atoms with Gasteiger partial charge in [-0.3, -0.25) is 4.79 Å². The van der Waals surface area contributed by atoms with Crippen LogP contribution in [0.1, 0.15) is 15.2 Å². The molecule has 5 nitrogen and oxygen atoms in total. The van der Waals surface area contributed by atoms with Crippen molar-refractivity contribution < 1.29 is 13.2 Å². The third kappa shape index (κ3) is 3.52. The molecular weight excluding hydrogens is 376 g/mol. The average molecular weight is 389 g/mol. The van der Waals surface area contributed by atoms with E-state index in [1.54, 1.807) is 24.3 Å². The number of nitrogens with one attached hydrogen (secondary N) is 2. The van der Waals surface area contributed by atoms with Crippen molar-refractivity contribution in [2.45, 2.75) is 11.8 Å². The van der Waals surface area contributed by atoms with Crippen molar-refractivity contribution in [3.05, 3.63) is 44.6 Å². The lowest BCUT2D eigenvalue weighted by Gasteiger charge is -2.10. The molecule has 1 aromatic heterocycles. The van der Waals surface area contributed by atoms with Crippen molar-refractivity contribution in [2.75, 3.05) is 12.4 Å². The number of amides is 1. The summed E-state index contributed by atoms with van der Waals surface area (Å²) in [4.78, 5) is 12.8. The molecular formula is C13H13BrN2O3S2. The van der Waals surface area contributed by atoms with Gasteiger partial charge in [0.25, 0.3) is 5.91 Å². The lowest BCUT2D eigenvalue weighted by atomic mass is 10.3. The fourth-order valence-corrected chi connectivity index (χ4v) is 3.99. The van der Waals surface area contributed by atoms with Gasteiger partial charge in [0, 0.05) is 0 Å². The Morgan fingerprint density at radius 3 is 2.52 bits per heavy atom. The maximum Gasteiger partial charge on any atom is 0.265 e. The van der Waals surface area contributed by atoms with Crippen LogP contribution in [-0.2, 0) is 10.0 Å². The van der Waals surface area contributed by atoms with Crippen LogP contribution in [-0.4, -0.2) is 21.4 Å². The van der Waals surface area contributed by atoms with Crippen molar-refractivity contribution in [3.63, 3.8) is 0 Å². The molecule has 1 aromatic carbocycles. The second-order valence-electron chi connectivity index (χ2n) is 4.23. The van der Waals surface area contributed by atoms with E-state index in [1.165, 1.54) is 24.5 Å². The second-order valence-corrected chi connectivity index (χ2v) is 8.45. The summed E-state index contributed by atoms with van der Waals surface area (Å²) in [5.41, 5.74) is 1.21. The SMILES string of the molecule is CNS(=O)(=O)c1ccccc1NC(=O)c1cc(C)c(Br)s1. The molecule has 0 atom stereocenters. The highest BCUT2D eigenvalue weighted by Crippen LogP contribution is 2.28. The van der Waals surface area contributed by atoms with Gasteiger partial charge in [-0.25, -0.2) is 13.1 Å². The Labute approximate surface area is 135 Å². The molecule has 112 valence electrons. The summed E-state index contributed by atoms with van der Waals surface area (Å²) in [5, 5.41) is 2.64.